The predicted octanol–water partition coefficient (Wildman–Crippen LogP) is 1.22. The second-order valence-electron chi connectivity index (χ2n) is 4.55. The van der Waals surface area contributed by atoms with Crippen LogP contribution in [0.3, 0.4) is 0 Å². The number of rotatable bonds is 8. The van der Waals surface area contributed by atoms with Crippen molar-refractivity contribution in [3.8, 4) is 0 Å². The average molecular weight is 244 g/mol. The summed E-state index contributed by atoms with van der Waals surface area (Å²) in [5.41, 5.74) is 5.75. The molecule has 0 aliphatic carbocycles. The molecule has 0 bridgehead atoms. The van der Waals surface area contributed by atoms with Crippen molar-refractivity contribution in [2.45, 2.75) is 58.5 Å². The third-order valence-corrected chi connectivity index (χ3v) is 2.69. The lowest BCUT2D eigenvalue weighted by Crippen LogP contribution is -2.40. The third kappa shape index (κ3) is 6.94. The summed E-state index contributed by atoms with van der Waals surface area (Å²) in [5.74, 6) is -0.814. The van der Waals surface area contributed by atoms with Crippen LogP contribution < -0.4 is 5.73 Å². The van der Waals surface area contributed by atoms with E-state index in [0.717, 1.165) is 6.42 Å². The van der Waals surface area contributed by atoms with E-state index in [9.17, 15) is 9.59 Å². The molecule has 0 spiro atoms. The number of nitrogens with two attached hydrogens (primary N) is 1. The van der Waals surface area contributed by atoms with Gasteiger partial charge in [-0.15, -0.1) is 0 Å². The van der Waals surface area contributed by atoms with Crippen LogP contribution in [0.5, 0.6) is 0 Å². The normalized spacial score (nSPS) is 12.5. The summed E-state index contributed by atoms with van der Waals surface area (Å²) >= 11 is 0. The van der Waals surface area contributed by atoms with Gasteiger partial charge >= 0.3 is 5.97 Å². The molecule has 0 saturated heterocycles. The quantitative estimate of drug-likeness (QED) is 0.672. The molecule has 0 aromatic heterocycles. The zero-order chi connectivity index (χ0) is 13.4. The Morgan fingerprint density at radius 1 is 1.35 bits per heavy atom. The molecule has 100 valence electrons. The molecule has 0 fully saturated rings. The van der Waals surface area contributed by atoms with Gasteiger partial charge < -0.3 is 15.7 Å². The van der Waals surface area contributed by atoms with E-state index in [1.165, 1.54) is 0 Å². The number of carboxylic acid groups (broad SMARTS) is 1. The van der Waals surface area contributed by atoms with Crippen molar-refractivity contribution in [3.63, 3.8) is 0 Å². The van der Waals surface area contributed by atoms with Crippen molar-refractivity contribution in [1.29, 1.82) is 0 Å². The van der Waals surface area contributed by atoms with Gasteiger partial charge in [0.2, 0.25) is 5.91 Å². The summed E-state index contributed by atoms with van der Waals surface area (Å²) in [6.07, 6.45) is 1.69. The molecular weight excluding hydrogens is 220 g/mol. The molecule has 1 atom stereocenters. The van der Waals surface area contributed by atoms with Gasteiger partial charge in [-0.25, -0.2) is 0 Å². The minimum Gasteiger partial charge on any atom is -0.481 e. The smallest absolute Gasteiger partial charge is 0.303 e. The highest BCUT2D eigenvalue weighted by Crippen LogP contribution is 2.07. The second-order valence-corrected chi connectivity index (χ2v) is 4.55. The van der Waals surface area contributed by atoms with Crippen LogP contribution in [-0.4, -0.2) is 40.5 Å². The monoisotopic (exact) mass is 244 g/mol. The third-order valence-electron chi connectivity index (χ3n) is 2.69. The van der Waals surface area contributed by atoms with E-state index < -0.39 is 5.97 Å². The Hall–Kier alpha value is -1.10. The van der Waals surface area contributed by atoms with Gasteiger partial charge in [-0.2, -0.15) is 0 Å². The van der Waals surface area contributed by atoms with Crippen molar-refractivity contribution in [2.24, 2.45) is 5.73 Å². The van der Waals surface area contributed by atoms with Gasteiger partial charge in [-0.05, 0) is 26.7 Å². The highest BCUT2D eigenvalue weighted by atomic mass is 16.4. The van der Waals surface area contributed by atoms with Crippen molar-refractivity contribution in [3.05, 3.63) is 0 Å². The van der Waals surface area contributed by atoms with E-state index in [4.69, 9.17) is 10.8 Å². The van der Waals surface area contributed by atoms with Crippen LogP contribution in [0.25, 0.3) is 0 Å². The Balaban J connectivity index is 4.22. The maximum Gasteiger partial charge on any atom is 0.303 e. The Kier molecular flexibility index (Phi) is 7.54. The summed E-state index contributed by atoms with van der Waals surface area (Å²) in [6, 6.07) is -0.0245. The van der Waals surface area contributed by atoms with Gasteiger partial charge in [0.1, 0.15) is 0 Å². The molecule has 0 rings (SSSR count). The SMILES string of the molecule is CCC(N)CC(=O)N(CCCC(=O)O)C(C)C. The van der Waals surface area contributed by atoms with Gasteiger partial charge in [0.05, 0.1) is 0 Å². The maximum atomic E-state index is 11.9. The first kappa shape index (κ1) is 15.9. The number of hydrogen-bond donors (Lipinski definition) is 2. The van der Waals surface area contributed by atoms with E-state index in [1.807, 2.05) is 20.8 Å². The topological polar surface area (TPSA) is 83.6 Å². The predicted molar refractivity (Wildman–Crippen MR) is 66.6 cm³/mol. The van der Waals surface area contributed by atoms with Crippen molar-refractivity contribution < 1.29 is 14.7 Å². The molecule has 1 amide bonds. The number of nitrogens with zero attached hydrogens (tertiary/aromatic N) is 1. The molecular formula is C12H24N2O3. The van der Waals surface area contributed by atoms with Crippen LogP contribution in [-0.2, 0) is 9.59 Å². The van der Waals surface area contributed by atoms with E-state index in [-0.39, 0.29) is 24.4 Å². The zero-order valence-electron chi connectivity index (χ0n) is 11.0. The molecule has 17 heavy (non-hydrogen) atoms. The number of aliphatic carboxylic acids is 1. The lowest BCUT2D eigenvalue weighted by molar-refractivity contribution is -0.138. The highest BCUT2D eigenvalue weighted by Gasteiger charge is 2.18. The summed E-state index contributed by atoms with van der Waals surface area (Å²) in [6.45, 7) is 6.29. The highest BCUT2D eigenvalue weighted by molar-refractivity contribution is 5.77. The first-order valence-corrected chi connectivity index (χ1v) is 6.15. The molecule has 5 nitrogen and oxygen atoms in total. The molecule has 0 saturated carbocycles. The van der Waals surface area contributed by atoms with Gasteiger partial charge in [-0.3, -0.25) is 9.59 Å². The molecule has 0 aliphatic heterocycles. The fourth-order valence-corrected chi connectivity index (χ4v) is 1.56. The number of amides is 1. The average Bonchev–Trinajstić information content (AvgIpc) is 2.22. The van der Waals surface area contributed by atoms with Crippen LogP contribution >= 0.6 is 0 Å². The van der Waals surface area contributed by atoms with Gasteiger partial charge in [0, 0.05) is 31.5 Å². The van der Waals surface area contributed by atoms with Crippen LogP contribution in [0.15, 0.2) is 0 Å². The minimum absolute atomic E-state index is 0.0136. The minimum atomic E-state index is -0.827. The van der Waals surface area contributed by atoms with Crippen LogP contribution in [0.1, 0.15) is 46.5 Å². The Labute approximate surface area is 103 Å². The summed E-state index contributed by atoms with van der Waals surface area (Å²) in [7, 11) is 0. The summed E-state index contributed by atoms with van der Waals surface area (Å²) in [5, 5.41) is 8.56. The standard InChI is InChI=1S/C12H24N2O3/c1-4-10(13)8-11(15)14(9(2)3)7-5-6-12(16)17/h9-10H,4-8,13H2,1-3H3,(H,16,17). The summed E-state index contributed by atoms with van der Waals surface area (Å²) < 4.78 is 0. The Morgan fingerprint density at radius 3 is 2.35 bits per heavy atom. The van der Waals surface area contributed by atoms with Crippen molar-refractivity contribution in [2.75, 3.05) is 6.54 Å². The van der Waals surface area contributed by atoms with Crippen molar-refractivity contribution >= 4 is 11.9 Å². The molecule has 0 aromatic carbocycles. The Bertz CT molecular complexity index is 254. The van der Waals surface area contributed by atoms with Crippen LogP contribution in [0, 0.1) is 0 Å². The largest absolute Gasteiger partial charge is 0.481 e. The van der Waals surface area contributed by atoms with Crippen LogP contribution in [0.4, 0.5) is 0 Å². The molecule has 0 aliphatic rings. The zero-order valence-corrected chi connectivity index (χ0v) is 11.0. The molecule has 0 heterocycles. The Morgan fingerprint density at radius 2 is 1.94 bits per heavy atom. The van der Waals surface area contributed by atoms with E-state index >= 15 is 0 Å². The van der Waals surface area contributed by atoms with Gasteiger partial charge in [-0.1, -0.05) is 6.92 Å². The van der Waals surface area contributed by atoms with Crippen LogP contribution in [0.2, 0.25) is 0 Å². The molecule has 5 heteroatoms. The van der Waals surface area contributed by atoms with E-state index in [0.29, 0.717) is 19.4 Å². The lowest BCUT2D eigenvalue weighted by Gasteiger charge is -2.27. The second kappa shape index (κ2) is 8.06. The van der Waals surface area contributed by atoms with Crippen molar-refractivity contribution in [1.82, 2.24) is 4.90 Å². The molecule has 1 unspecified atom stereocenters. The molecule has 3 N–H and O–H groups in total. The number of hydrogen-bond acceptors (Lipinski definition) is 3. The maximum absolute atomic E-state index is 11.9. The number of carbonyl (C=O) groups excluding carboxylic acids is 1. The number of carbonyl (C=O) groups is 2. The van der Waals surface area contributed by atoms with Gasteiger partial charge in [0.25, 0.3) is 0 Å². The molecule has 0 radical (unpaired) electrons. The fourth-order valence-electron chi connectivity index (χ4n) is 1.56. The van der Waals surface area contributed by atoms with Gasteiger partial charge in [0.15, 0.2) is 0 Å². The van der Waals surface area contributed by atoms with E-state index in [1.54, 1.807) is 4.90 Å². The number of carboxylic acids is 1. The lowest BCUT2D eigenvalue weighted by atomic mass is 10.1. The summed E-state index contributed by atoms with van der Waals surface area (Å²) in [4.78, 5) is 24.1. The fraction of sp³-hybridized carbons (Fsp3) is 0.833. The van der Waals surface area contributed by atoms with E-state index in [2.05, 4.69) is 0 Å². The first-order valence-electron chi connectivity index (χ1n) is 6.15. The first-order chi connectivity index (χ1) is 7.88. The molecule has 0 aromatic rings.